The molecule has 6 aromatic rings. The molecule has 0 spiro atoms. The number of tetrazole rings is 1. The van der Waals surface area contributed by atoms with E-state index >= 15 is 8.78 Å². The van der Waals surface area contributed by atoms with Crippen LogP contribution in [0.3, 0.4) is 0 Å². The first-order chi connectivity index (χ1) is 23.7. The van der Waals surface area contributed by atoms with E-state index in [0.717, 1.165) is 46.5 Å². The molecule has 14 heteroatoms. The van der Waals surface area contributed by atoms with Gasteiger partial charge in [-0.3, -0.25) is 9.67 Å². The van der Waals surface area contributed by atoms with Crippen LogP contribution < -0.4 is 4.74 Å². The average Bonchev–Trinajstić information content (AvgIpc) is 3.83. The molecular formula is C35H27F4N7O3. The van der Waals surface area contributed by atoms with E-state index in [0.29, 0.717) is 22.9 Å². The van der Waals surface area contributed by atoms with Gasteiger partial charge in [-0.1, -0.05) is 36.1 Å². The van der Waals surface area contributed by atoms with Crippen LogP contribution in [0.5, 0.6) is 5.75 Å². The normalized spacial score (nSPS) is 13.3. The van der Waals surface area contributed by atoms with Crippen LogP contribution in [-0.4, -0.2) is 51.8 Å². The maximum absolute atomic E-state index is 16.0. The molecule has 0 radical (unpaired) electrons. The number of nitrogens with zero attached hydrogens (tertiary/aromatic N) is 7. The Labute approximate surface area is 277 Å². The lowest BCUT2D eigenvalue weighted by atomic mass is 9.84. The molecule has 3 heterocycles. The van der Waals surface area contributed by atoms with Gasteiger partial charge in [-0.15, -0.1) is 5.10 Å². The number of pyridine rings is 1. The van der Waals surface area contributed by atoms with E-state index in [4.69, 9.17) is 4.74 Å². The fourth-order valence-corrected chi connectivity index (χ4v) is 5.17. The van der Waals surface area contributed by atoms with Crippen LogP contribution in [0, 0.1) is 23.5 Å². The lowest BCUT2D eigenvalue weighted by Crippen LogP contribution is -2.48. The summed E-state index contributed by atoms with van der Waals surface area (Å²) in [6, 6.07) is 20.3. The number of hydrogen-bond donors (Lipinski definition) is 2. The summed E-state index contributed by atoms with van der Waals surface area (Å²) in [6.07, 6.45) is 5.53. The van der Waals surface area contributed by atoms with Gasteiger partial charge in [-0.25, -0.2) is 13.5 Å². The molecule has 0 bridgehead atoms. The molecule has 3 aromatic carbocycles. The molecule has 2 unspecified atom stereocenters. The molecule has 10 nitrogen and oxygen atoms in total. The summed E-state index contributed by atoms with van der Waals surface area (Å²) in [5, 5.41) is 35.7. The number of benzene rings is 3. The Hall–Kier alpha value is -5.91. The van der Waals surface area contributed by atoms with Crippen molar-refractivity contribution < 1.29 is 32.5 Å². The van der Waals surface area contributed by atoms with E-state index in [1.54, 1.807) is 47.4 Å². The highest BCUT2D eigenvalue weighted by Gasteiger charge is 2.58. The Bertz CT molecular complexity index is 2070. The fourth-order valence-electron chi connectivity index (χ4n) is 5.17. The maximum atomic E-state index is 16.0. The molecule has 3 aromatic heterocycles. The Balaban J connectivity index is 1.13. The Kier molecular flexibility index (Phi) is 9.47. The molecule has 6 rings (SSSR count). The minimum absolute atomic E-state index is 0.105. The molecular weight excluding hydrogens is 642 g/mol. The standard InChI is InChI=1S/C35H27F4N7O3/c36-28-10-13-30(31(37)18-28)34(48,22-45-23-41-43-44-45)35(38,39)33-14-9-25(19-40-33)6-5-24-7-11-29(12-8-24)49-21-26-3-1-4-27(17-26)32(20-47)46-16-2-15-42-46/h1-4,7-19,23,32,47-48H,20-22H2. The van der Waals surface area contributed by atoms with Gasteiger partial charge in [0, 0.05) is 41.3 Å². The zero-order valence-electron chi connectivity index (χ0n) is 25.5. The van der Waals surface area contributed by atoms with E-state index in [1.807, 2.05) is 24.3 Å². The fraction of sp³-hybridized carbons (Fsp3) is 0.171. The number of ether oxygens (including phenoxy) is 1. The van der Waals surface area contributed by atoms with Crippen LogP contribution in [0.15, 0.2) is 110 Å². The van der Waals surface area contributed by atoms with Crippen LogP contribution in [0.4, 0.5) is 17.6 Å². The number of alkyl halides is 2. The van der Waals surface area contributed by atoms with E-state index in [9.17, 15) is 19.0 Å². The van der Waals surface area contributed by atoms with Crippen molar-refractivity contribution in [1.29, 1.82) is 0 Å². The Morgan fingerprint density at radius 2 is 1.71 bits per heavy atom. The zero-order chi connectivity index (χ0) is 34.4. The second-order valence-electron chi connectivity index (χ2n) is 11.0. The highest BCUT2D eigenvalue weighted by atomic mass is 19.3. The number of aromatic nitrogens is 7. The van der Waals surface area contributed by atoms with Gasteiger partial charge in [0.15, 0.2) is 5.60 Å². The summed E-state index contributed by atoms with van der Waals surface area (Å²) in [5.74, 6) is -0.170. The van der Waals surface area contributed by atoms with Gasteiger partial charge in [-0.05, 0) is 76.2 Å². The summed E-state index contributed by atoms with van der Waals surface area (Å²) in [6.45, 7) is -0.773. The van der Waals surface area contributed by atoms with E-state index < -0.39 is 41.0 Å². The van der Waals surface area contributed by atoms with Crippen molar-refractivity contribution in [3.8, 4) is 17.6 Å². The number of rotatable bonds is 11. The Morgan fingerprint density at radius 3 is 2.39 bits per heavy atom. The maximum Gasteiger partial charge on any atom is 0.323 e. The van der Waals surface area contributed by atoms with Crippen molar-refractivity contribution in [2.75, 3.05) is 6.61 Å². The monoisotopic (exact) mass is 669 g/mol. The van der Waals surface area contributed by atoms with Crippen LogP contribution in [0.1, 0.15) is 39.6 Å². The summed E-state index contributed by atoms with van der Waals surface area (Å²) in [7, 11) is 0. The molecule has 2 atom stereocenters. The van der Waals surface area contributed by atoms with Crippen LogP contribution in [0.25, 0.3) is 0 Å². The van der Waals surface area contributed by atoms with Gasteiger partial charge in [-0.2, -0.15) is 13.9 Å². The third-order valence-corrected chi connectivity index (χ3v) is 7.73. The molecule has 49 heavy (non-hydrogen) atoms. The first-order valence-corrected chi connectivity index (χ1v) is 14.8. The van der Waals surface area contributed by atoms with Crippen molar-refractivity contribution in [1.82, 2.24) is 35.0 Å². The van der Waals surface area contributed by atoms with Crippen molar-refractivity contribution >= 4 is 0 Å². The lowest BCUT2D eigenvalue weighted by Gasteiger charge is -2.35. The van der Waals surface area contributed by atoms with E-state index in [-0.39, 0.29) is 19.3 Å². The molecule has 2 N–H and O–H groups in total. The molecule has 0 saturated carbocycles. The lowest BCUT2D eigenvalue weighted by molar-refractivity contribution is -0.207. The number of aliphatic hydroxyl groups is 2. The van der Waals surface area contributed by atoms with Crippen LogP contribution in [0.2, 0.25) is 0 Å². The number of hydrogen-bond acceptors (Lipinski definition) is 8. The van der Waals surface area contributed by atoms with Crippen molar-refractivity contribution in [2.45, 2.75) is 30.7 Å². The predicted octanol–water partition coefficient (Wildman–Crippen LogP) is 4.78. The molecule has 0 aliphatic carbocycles. The van der Waals surface area contributed by atoms with Gasteiger partial charge < -0.3 is 14.9 Å². The van der Waals surface area contributed by atoms with Gasteiger partial charge in [0.1, 0.15) is 36.0 Å². The molecule has 0 saturated heterocycles. The largest absolute Gasteiger partial charge is 0.489 e. The minimum Gasteiger partial charge on any atom is -0.489 e. The first kappa shape index (κ1) is 33.0. The highest BCUT2D eigenvalue weighted by molar-refractivity contribution is 5.44. The highest BCUT2D eigenvalue weighted by Crippen LogP contribution is 2.46. The van der Waals surface area contributed by atoms with Gasteiger partial charge in [0.25, 0.3) is 0 Å². The molecule has 0 aliphatic rings. The summed E-state index contributed by atoms with van der Waals surface area (Å²) in [4.78, 5) is 3.83. The molecule has 0 fully saturated rings. The topological polar surface area (TPSA) is 124 Å². The van der Waals surface area contributed by atoms with E-state index in [2.05, 4.69) is 37.4 Å². The third-order valence-electron chi connectivity index (χ3n) is 7.73. The van der Waals surface area contributed by atoms with Crippen molar-refractivity contribution in [3.05, 3.63) is 155 Å². The van der Waals surface area contributed by atoms with Crippen LogP contribution in [-0.2, 0) is 24.7 Å². The van der Waals surface area contributed by atoms with Gasteiger partial charge >= 0.3 is 5.92 Å². The summed E-state index contributed by atoms with van der Waals surface area (Å²) in [5.41, 5.74) is -2.25. The molecule has 248 valence electrons. The average molecular weight is 670 g/mol. The SMILES string of the molecule is OCC(c1cccc(COc2ccc(C#Cc3ccc(C(F)(F)C(O)(Cn4cnnn4)c4ccc(F)cc4F)nc3)cc2)c1)n1cccn1. The Morgan fingerprint density at radius 1 is 0.918 bits per heavy atom. The van der Waals surface area contributed by atoms with E-state index in [1.165, 1.54) is 6.07 Å². The van der Waals surface area contributed by atoms with Gasteiger partial charge in [0.2, 0.25) is 0 Å². The molecule has 0 aliphatic heterocycles. The number of aliphatic hydroxyl groups excluding tert-OH is 1. The third kappa shape index (κ3) is 7.18. The summed E-state index contributed by atoms with van der Waals surface area (Å²) < 4.78 is 68.7. The number of halogens is 4. The zero-order valence-corrected chi connectivity index (χ0v) is 25.5. The first-order valence-electron chi connectivity index (χ1n) is 14.8. The second-order valence-corrected chi connectivity index (χ2v) is 11.0. The van der Waals surface area contributed by atoms with Gasteiger partial charge in [0.05, 0.1) is 19.2 Å². The van der Waals surface area contributed by atoms with Crippen molar-refractivity contribution in [3.63, 3.8) is 0 Å². The predicted molar refractivity (Wildman–Crippen MR) is 167 cm³/mol. The second kappa shape index (κ2) is 14.1. The molecule has 0 amide bonds. The smallest absolute Gasteiger partial charge is 0.323 e. The van der Waals surface area contributed by atoms with Crippen LogP contribution >= 0.6 is 0 Å². The quantitative estimate of drug-likeness (QED) is 0.149. The minimum atomic E-state index is -4.18. The van der Waals surface area contributed by atoms with Crippen molar-refractivity contribution in [2.24, 2.45) is 0 Å². The summed E-state index contributed by atoms with van der Waals surface area (Å²) >= 11 is 0.